The van der Waals surface area contributed by atoms with Crippen molar-refractivity contribution in [3.63, 3.8) is 0 Å². The molecule has 0 bridgehead atoms. The van der Waals surface area contributed by atoms with Crippen molar-refractivity contribution in [3.05, 3.63) is 64.7 Å². The molecule has 0 heterocycles. The van der Waals surface area contributed by atoms with Crippen LogP contribution >= 0.6 is 11.6 Å². The molecule has 0 fully saturated rings. The second-order valence-electron chi connectivity index (χ2n) is 5.71. The number of rotatable bonds is 8. The van der Waals surface area contributed by atoms with Crippen LogP contribution in [0, 0.1) is 0 Å². The van der Waals surface area contributed by atoms with Gasteiger partial charge in [0.2, 0.25) is 5.91 Å². The molecule has 24 heavy (non-hydrogen) atoms. The highest BCUT2D eigenvalue weighted by atomic mass is 35.5. The van der Waals surface area contributed by atoms with Crippen molar-refractivity contribution in [2.75, 3.05) is 18.0 Å². The Bertz CT molecular complexity index is 651. The molecule has 2 rings (SSSR count). The van der Waals surface area contributed by atoms with Crippen LogP contribution in [0.4, 0.5) is 5.69 Å². The van der Waals surface area contributed by atoms with E-state index in [1.54, 1.807) is 0 Å². The maximum Gasteiger partial charge on any atom is 0.220 e. The van der Waals surface area contributed by atoms with Gasteiger partial charge in [-0.2, -0.15) is 0 Å². The summed E-state index contributed by atoms with van der Waals surface area (Å²) in [6.07, 6.45) is 1.10. The van der Waals surface area contributed by atoms with E-state index < -0.39 is 0 Å². The number of amides is 1. The number of carbonyl (C=O) groups is 1. The van der Waals surface area contributed by atoms with Crippen molar-refractivity contribution in [1.82, 2.24) is 5.32 Å². The SMILES string of the molecule is CCN(CC)c1ccc(CNC(=O)CCc2ccccc2Cl)cc1. The Labute approximate surface area is 149 Å². The molecule has 3 nitrogen and oxygen atoms in total. The highest BCUT2D eigenvalue weighted by molar-refractivity contribution is 6.31. The largest absolute Gasteiger partial charge is 0.372 e. The van der Waals surface area contributed by atoms with Gasteiger partial charge in [-0.3, -0.25) is 4.79 Å². The molecule has 0 aliphatic carbocycles. The van der Waals surface area contributed by atoms with E-state index in [1.807, 2.05) is 24.3 Å². The molecule has 4 heteroatoms. The molecule has 1 amide bonds. The fourth-order valence-electron chi connectivity index (χ4n) is 2.65. The summed E-state index contributed by atoms with van der Waals surface area (Å²) >= 11 is 6.11. The minimum atomic E-state index is 0.0442. The molecular formula is C20H25ClN2O. The Morgan fingerprint density at radius 1 is 1.04 bits per heavy atom. The minimum Gasteiger partial charge on any atom is -0.372 e. The molecule has 2 aromatic carbocycles. The van der Waals surface area contributed by atoms with Crippen LogP contribution in [0.15, 0.2) is 48.5 Å². The maximum atomic E-state index is 12.0. The molecule has 2 aromatic rings. The number of hydrogen-bond acceptors (Lipinski definition) is 2. The average Bonchev–Trinajstić information content (AvgIpc) is 2.61. The van der Waals surface area contributed by atoms with Gasteiger partial charge in [0, 0.05) is 36.8 Å². The fraction of sp³-hybridized carbons (Fsp3) is 0.350. The highest BCUT2D eigenvalue weighted by Gasteiger charge is 2.06. The predicted molar refractivity (Wildman–Crippen MR) is 102 cm³/mol. The van der Waals surface area contributed by atoms with Crippen LogP contribution in [0.5, 0.6) is 0 Å². The molecule has 128 valence electrons. The van der Waals surface area contributed by atoms with Crippen molar-refractivity contribution in [1.29, 1.82) is 0 Å². The summed E-state index contributed by atoms with van der Waals surface area (Å²) in [7, 11) is 0. The molecule has 0 saturated heterocycles. The highest BCUT2D eigenvalue weighted by Crippen LogP contribution is 2.17. The lowest BCUT2D eigenvalue weighted by atomic mass is 10.1. The van der Waals surface area contributed by atoms with Gasteiger partial charge < -0.3 is 10.2 Å². The molecule has 0 spiro atoms. The van der Waals surface area contributed by atoms with Crippen LogP contribution in [-0.4, -0.2) is 19.0 Å². The van der Waals surface area contributed by atoms with Gasteiger partial charge in [0.15, 0.2) is 0 Å². The predicted octanol–water partition coefficient (Wildman–Crippen LogP) is 4.44. The lowest BCUT2D eigenvalue weighted by Crippen LogP contribution is -2.23. The first-order valence-electron chi connectivity index (χ1n) is 8.48. The summed E-state index contributed by atoms with van der Waals surface area (Å²) < 4.78 is 0. The van der Waals surface area contributed by atoms with E-state index in [4.69, 9.17) is 11.6 Å². The number of aryl methyl sites for hydroxylation is 1. The molecule has 0 aliphatic heterocycles. The zero-order valence-corrected chi connectivity index (χ0v) is 15.1. The van der Waals surface area contributed by atoms with Crippen molar-refractivity contribution >= 4 is 23.2 Å². The van der Waals surface area contributed by atoms with Gasteiger partial charge in [0.1, 0.15) is 0 Å². The molecule has 0 aromatic heterocycles. The van der Waals surface area contributed by atoms with Crippen LogP contribution in [-0.2, 0) is 17.8 Å². The molecule has 1 N–H and O–H groups in total. The summed E-state index contributed by atoms with van der Waals surface area (Å²) in [6.45, 7) is 6.84. The van der Waals surface area contributed by atoms with E-state index in [2.05, 4.69) is 48.3 Å². The molecule has 0 saturated carbocycles. The van der Waals surface area contributed by atoms with Crippen molar-refractivity contribution in [2.45, 2.75) is 33.2 Å². The van der Waals surface area contributed by atoms with E-state index in [1.165, 1.54) is 5.69 Å². The van der Waals surface area contributed by atoms with Crippen LogP contribution < -0.4 is 10.2 Å². The molecular weight excluding hydrogens is 320 g/mol. The van der Waals surface area contributed by atoms with Crippen molar-refractivity contribution in [2.24, 2.45) is 0 Å². The molecule has 0 radical (unpaired) electrons. The second kappa shape index (κ2) is 9.33. The third-order valence-corrected chi connectivity index (χ3v) is 4.50. The quantitative estimate of drug-likeness (QED) is 0.768. The summed E-state index contributed by atoms with van der Waals surface area (Å²) in [5.41, 5.74) is 3.34. The summed E-state index contributed by atoms with van der Waals surface area (Å²) in [4.78, 5) is 14.3. The molecule has 0 atom stereocenters. The first-order valence-corrected chi connectivity index (χ1v) is 8.85. The van der Waals surface area contributed by atoms with E-state index in [-0.39, 0.29) is 5.91 Å². The number of carbonyl (C=O) groups excluding carboxylic acids is 1. The Morgan fingerprint density at radius 3 is 2.33 bits per heavy atom. The summed E-state index contributed by atoms with van der Waals surface area (Å²) in [6, 6.07) is 16.0. The number of hydrogen-bond donors (Lipinski definition) is 1. The zero-order valence-electron chi connectivity index (χ0n) is 14.4. The van der Waals surface area contributed by atoms with Crippen molar-refractivity contribution in [3.8, 4) is 0 Å². The number of anilines is 1. The summed E-state index contributed by atoms with van der Waals surface area (Å²) in [5, 5.41) is 3.69. The van der Waals surface area contributed by atoms with E-state index in [9.17, 15) is 4.79 Å². The number of halogens is 1. The first-order chi connectivity index (χ1) is 11.6. The fourth-order valence-corrected chi connectivity index (χ4v) is 2.88. The monoisotopic (exact) mass is 344 g/mol. The standard InChI is InChI=1S/C20H25ClN2O/c1-3-23(4-2)18-12-9-16(10-13-18)15-22-20(24)14-11-17-7-5-6-8-19(17)21/h5-10,12-13H,3-4,11,14-15H2,1-2H3,(H,22,24). The summed E-state index contributed by atoms with van der Waals surface area (Å²) in [5.74, 6) is 0.0442. The Hall–Kier alpha value is -2.00. The lowest BCUT2D eigenvalue weighted by Gasteiger charge is -2.21. The van der Waals surface area contributed by atoms with Crippen LogP contribution in [0.25, 0.3) is 0 Å². The maximum absolute atomic E-state index is 12.0. The van der Waals surface area contributed by atoms with Crippen LogP contribution in [0.2, 0.25) is 5.02 Å². The van der Waals surface area contributed by atoms with E-state index in [0.717, 1.165) is 29.2 Å². The smallest absolute Gasteiger partial charge is 0.220 e. The lowest BCUT2D eigenvalue weighted by molar-refractivity contribution is -0.121. The zero-order chi connectivity index (χ0) is 17.4. The van der Waals surface area contributed by atoms with Gasteiger partial charge in [-0.1, -0.05) is 41.9 Å². The van der Waals surface area contributed by atoms with Crippen LogP contribution in [0.1, 0.15) is 31.4 Å². The van der Waals surface area contributed by atoms with Gasteiger partial charge in [0.05, 0.1) is 0 Å². The van der Waals surface area contributed by atoms with Gasteiger partial charge in [-0.15, -0.1) is 0 Å². The van der Waals surface area contributed by atoms with Gasteiger partial charge in [-0.25, -0.2) is 0 Å². The van der Waals surface area contributed by atoms with E-state index >= 15 is 0 Å². The minimum absolute atomic E-state index is 0.0442. The van der Waals surface area contributed by atoms with Gasteiger partial charge in [-0.05, 0) is 49.6 Å². The number of benzene rings is 2. The van der Waals surface area contributed by atoms with Gasteiger partial charge in [0.25, 0.3) is 0 Å². The Morgan fingerprint density at radius 2 is 1.71 bits per heavy atom. The number of nitrogens with zero attached hydrogens (tertiary/aromatic N) is 1. The topological polar surface area (TPSA) is 32.3 Å². The Kier molecular flexibility index (Phi) is 7.13. The molecule has 0 aliphatic rings. The first kappa shape index (κ1) is 18.3. The van der Waals surface area contributed by atoms with Crippen molar-refractivity contribution < 1.29 is 4.79 Å². The third-order valence-electron chi connectivity index (χ3n) is 4.13. The normalized spacial score (nSPS) is 10.5. The second-order valence-corrected chi connectivity index (χ2v) is 6.11. The van der Waals surface area contributed by atoms with E-state index in [0.29, 0.717) is 19.4 Å². The Balaban J connectivity index is 1.80. The third kappa shape index (κ3) is 5.27. The van der Waals surface area contributed by atoms with Gasteiger partial charge >= 0.3 is 0 Å². The average molecular weight is 345 g/mol. The number of nitrogens with one attached hydrogen (secondary N) is 1. The van der Waals surface area contributed by atoms with Crippen LogP contribution in [0.3, 0.4) is 0 Å². The molecule has 0 unspecified atom stereocenters.